The number of carbonyl (C=O) groups excluding carboxylic acids is 1. The molecule has 0 saturated carbocycles. The standard InChI is InChI=1S/C15H13ClN4O2S/c1-2-22-8-13-19-20-15(23-13)18-14(21)10-5-6-17-12-4-3-9(16)7-11(10)12/h3-7H,2,8H2,1H3,(H,18,20,21). The van der Waals surface area contributed by atoms with Gasteiger partial charge in [0.15, 0.2) is 0 Å². The number of rotatable bonds is 5. The van der Waals surface area contributed by atoms with Crippen molar-refractivity contribution in [2.45, 2.75) is 13.5 Å². The van der Waals surface area contributed by atoms with Gasteiger partial charge in [0, 0.05) is 23.2 Å². The Morgan fingerprint density at radius 3 is 3.04 bits per heavy atom. The summed E-state index contributed by atoms with van der Waals surface area (Å²) in [5.41, 5.74) is 1.19. The molecule has 0 aliphatic carbocycles. The predicted octanol–water partition coefficient (Wildman–Crippen LogP) is 3.53. The molecule has 118 valence electrons. The third-order valence-electron chi connectivity index (χ3n) is 3.07. The Morgan fingerprint density at radius 1 is 1.35 bits per heavy atom. The van der Waals surface area contributed by atoms with Crippen LogP contribution in [0.2, 0.25) is 5.02 Å². The first-order valence-corrected chi connectivity index (χ1v) is 8.12. The molecular formula is C15H13ClN4O2S. The molecule has 1 amide bonds. The van der Waals surface area contributed by atoms with Crippen LogP contribution in [0.5, 0.6) is 0 Å². The van der Waals surface area contributed by atoms with Gasteiger partial charge in [-0.15, -0.1) is 10.2 Å². The maximum atomic E-state index is 12.5. The fraction of sp³-hybridized carbons (Fsp3) is 0.200. The average molecular weight is 349 g/mol. The minimum atomic E-state index is -0.279. The molecule has 8 heteroatoms. The van der Waals surface area contributed by atoms with Crippen LogP contribution in [0.15, 0.2) is 30.5 Å². The van der Waals surface area contributed by atoms with Crippen molar-refractivity contribution in [1.82, 2.24) is 15.2 Å². The van der Waals surface area contributed by atoms with Gasteiger partial charge >= 0.3 is 0 Å². The molecule has 0 fully saturated rings. The molecule has 0 spiro atoms. The molecule has 23 heavy (non-hydrogen) atoms. The van der Waals surface area contributed by atoms with E-state index < -0.39 is 0 Å². The van der Waals surface area contributed by atoms with Gasteiger partial charge in [-0.25, -0.2) is 0 Å². The van der Waals surface area contributed by atoms with E-state index in [0.717, 1.165) is 0 Å². The van der Waals surface area contributed by atoms with Gasteiger partial charge in [-0.1, -0.05) is 22.9 Å². The number of aromatic nitrogens is 3. The van der Waals surface area contributed by atoms with Crippen LogP contribution in [0.4, 0.5) is 5.13 Å². The van der Waals surface area contributed by atoms with Crippen LogP contribution >= 0.6 is 22.9 Å². The third-order valence-corrected chi connectivity index (χ3v) is 4.11. The summed E-state index contributed by atoms with van der Waals surface area (Å²) in [5, 5.41) is 13.0. The number of benzene rings is 1. The highest BCUT2D eigenvalue weighted by Crippen LogP contribution is 2.23. The molecule has 0 aliphatic rings. The summed E-state index contributed by atoms with van der Waals surface area (Å²) in [6.45, 7) is 2.90. The Balaban J connectivity index is 1.83. The smallest absolute Gasteiger partial charge is 0.258 e. The van der Waals surface area contributed by atoms with Crippen molar-refractivity contribution in [3.63, 3.8) is 0 Å². The van der Waals surface area contributed by atoms with Gasteiger partial charge in [0.1, 0.15) is 11.6 Å². The Bertz CT molecular complexity index is 852. The minimum absolute atomic E-state index is 0.279. The van der Waals surface area contributed by atoms with Crippen LogP contribution in [-0.2, 0) is 11.3 Å². The molecule has 1 N–H and O–H groups in total. The van der Waals surface area contributed by atoms with Crippen LogP contribution in [-0.4, -0.2) is 27.7 Å². The molecule has 3 aromatic rings. The van der Waals surface area contributed by atoms with Crippen molar-refractivity contribution in [1.29, 1.82) is 0 Å². The van der Waals surface area contributed by atoms with Gasteiger partial charge in [0.25, 0.3) is 5.91 Å². The molecule has 0 atom stereocenters. The van der Waals surface area contributed by atoms with Gasteiger partial charge in [-0.3, -0.25) is 15.1 Å². The Hall–Kier alpha value is -2.09. The number of ether oxygens (including phenoxy) is 1. The summed E-state index contributed by atoms with van der Waals surface area (Å²) < 4.78 is 5.27. The topological polar surface area (TPSA) is 77.0 Å². The van der Waals surface area contributed by atoms with E-state index in [1.54, 1.807) is 30.5 Å². The van der Waals surface area contributed by atoms with Crippen molar-refractivity contribution in [3.8, 4) is 0 Å². The van der Waals surface area contributed by atoms with Gasteiger partial charge in [0.05, 0.1) is 11.1 Å². The summed E-state index contributed by atoms with van der Waals surface area (Å²) in [4.78, 5) is 16.7. The number of amides is 1. The van der Waals surface area contributed by atoms with Crippen molar-refractivity contribution in [2.75, 3.05) is 11.9 Å². The summed E-state index contributed by atoms with van der Waals surface area (Å²) in [7, 11) is 0. The largest absolute Gasteiger partial charge is 0.374 e. The van der Waals surface area contributed by atoms with Crippen LogP contribution in [0.3, 0.4) is 0 Å². The van der Waals surface area contributed by atoms with Gasteiger partial charge in [-0.05, 0) is 31.2 Å². The van der Waals surface area contributed by atoms with E-state index in [-0.39, 0.29) is 5.91 Å². The number of nitrogens with zero attached hydrogens (tertiary/aromatic N) is 3. The second-order valence-corrected chi connectivity index (χ2v) is 6.11. The van der Waals surface area contributed by atoms with E-state index in [1.807, 2.05) is 6.92 Å². The molecule has 3 rings (SSSR count). The van der Waals surface area contributed by atoms with Crippen molar-refractivity contribution >= 4 is 44.9 Å². The van der Waals surface area contributed by atoms with Crippen LogP contribution in [0.1, 0.15) is 22.3 Å². The zero-order valence-corrected chi connectivity index (χ0v) is 13.8. The number of hydrogen-bond donors (Lipinski definition) is 1. The maximum Gasteiger partial charge on any atom is 0.258 e. The van der Waals surface area contributed by atoms with Gasteiger partial charge < -0.3 is 4.74 Å². The van der Waals surface area contributed by atoms with Gasteiger partial charge in [0.2, 0.25) is 5.13 Å². The van der Waals surface area contributed by atoms with Crippen molar-refractivity contribution in [2.24, 2.45) is 0 Å². The second-order valence-electron chi connectivity index (χ2n) is 4.61. The van der Waals surface area contributed by atoms with E-state index in [2.05, 4.69) is 20.5 Å². The number of hydrogen-bond acceptors (Lipinski definition) is 6. The monoisotopic (exact) mass is 348 g/mol. The number of nitrogens with one attached hydrogen (secondary N) is 1. The van der Waals surface area contributed by atoms with Crippen LogP contribution in [0.25, 0.3) is 10.9 Å². The number of anilines is 1. The lowest BCUT2D eigenvalue weighted by Gasteiger charge is -2.05. The highest BCUT2D eigenvalue weighted by molar-refractivity contribution is 7.15. The van der Waals surface area contributed by atoms with Crippen molar-refractivity contribution < 1.29 is 9.53 Å². The summed E-state index contributed by atoms with van der Waals surface area (Å²) in [6, 6.07) is 6.89. The normalized spacial score (nSPS) is 10.9. The van der Waals surface area contributed by atoms with Crippen molar-refractivity contribution in [3.05, 3.63) is 46.1 Å². The molecule has 0 unspecified atom stereocenters. The lowest BCUT2D eigenvalue weighted by molar-refractivity contribution is 0.102. The molecule has 6 nitrogen and oxygen atoms in total. The Morgan fingerprint density at radius 2 is 2.22 bits per heavy atom. The Labute approximate surface area is 141 Å². The van der Waals surface area contributed by atoms with E-state index in [9.17, 15) is 4.79 Å². The molecule has 0 aliphatic heterocycles. The lowest BCUT2D eigenvalue weighted by Crippen LogP contribution is -2.12. The molecule has 2 aromatic heterocycles. The number of fused-ring (bicyclic) bond motifs is 1. The molecule has 2 heterocycles. The van der Waals surface area contributed by atoms with E-state index in [1.165, 1.54) is 11.3 Å². The molecule has 1 aromatic carbocycles. The number of halogens is 1. The fourth-order valence-electron chi connectivity index (χ4n) is 2.03. The second kappa shape index (κ2) is 6.99. The molecule has 0 bridgehead atoms. The van der Waals surface area contributed by atoms with Crippen LogP contribution in [0, 0.1) is 0 Å². The fourth-order valence-corrected chi connectivity index (χ4v) is 2.88. The van der Waals surface area contributed by atoms with E-state index in [4.69, 9.17) is 16.3 Å². The zero-order chi connectivity index (χ0) is 16.2. The first-order chi connectivity index (χ1) is 11.2. The number of pyridine rings is 1. The molecular weight excluding hydrogens is 336 g/mol. The quantitative estimate of drug-likeness (QED) is 0.763. The summed E-state index contributed by atoms with van der Waals surface area (Å²) >= 11 is 7.30. The molecule has 0 radical (unpaired) electrons. The lowest BCUT2D eigenvalue weighted by atomic mass is 10.1. The summed E-state index contributed by atoms with van der Waals surface area (Å²) in [5.74, 6) is -0.279. The first kappa shape index (κ1) is 15.8. The predicted molar refractivity (Wildman–Crippen MR) is 89.9 cm³/mol. The third kappa shape index (κ3) is 3.64. The number of carbonyl (C=O) groups is 1. The zero-order valence-electron chi connectivity index (χ0n) is 12.2. The maximum absolute atomic E-state index is 12.5. The van der Waals surface area contributed by atoms with E-state index in [0.29, 0.717) is 44.8 Å². The average Bonchev–Trinajstić information content (AvgIpc) is 2.99. The van der Waals surface area contributed by atoms with E-state index >= 15 is 0 Å². The highest BCUT2D eigenvalue weighted by Gasteiger charge is 2.14. The highest BCUT2D eigenvalue weighted by atomic mass is 35.5. The molecule has 0 saturated heterocycles. The first-order valence-electron chi connectivity index (χ1n) is 6.93. The Kier molecular flexibility index (Phi) is 4.80. The summed E-state index contributed by atoms with van der Waals surface area (Å²) in [6.07, 6.45) is 1.59. The minimum Gasteiger partial charge on any atom is -0.374 e. The van der Waals surface area contributed by atoms with Crippen LogP contribution < -0.4 is 5.32 Å². The SMILES string of the molecule is CCOCc1nnc(NC(=O)c2ccnc3ccc(Cl)cc23)s1. The van der Waals surface area contributed by atoms with Gasteiger partial charge in [-0.2, -0.15) is 0 Å².